The SMILES string of the molecule is C=Cn1cc(CNC(C)C2CCCC2)cn1. The molecule has 1 fully saturated rings. The average Bonchev–Trinajstić information content (AvgIpc) is 2.96. The second-order valence-corrected chi connectivity index (χ2v) is 4.73. The highest BCUT2D eigenvalue weighted by molar-refractivity contribution is 5.17. The normalized spacial score (nSPS) is 18.8. The van der Waals surface area contributed by atoms with Crippen LogP contribution in [0.25, 0.3) is 6.20 Å². The molecule has 0 amide bonds. The van der Waals surface area contributed by atoms with Crippen LogP contribution in [0.3, 0.4) is 0 Å². The van der Waals surface area contributed by atoms with Crippen LogP contribution in [0.1, 0.15) is 38.2 Å². The minimum absolute atomic E-state index is 0.620. The molecule has 1 heterocycles. The number of aromatic nitrogens is 2. The lowest BCUT2D eigenvalue weighted by Crippen LogP contribution is -2.31. The highest BCUT2D eigenvalue weighted by Gasteiger charge is 2.20. The minimum atomic E-state index is 0.620. The summed E-state index contributed by atoms with van der Waals surface area (Å²) in [5, 5.41) is 7.76. The molecule has 1 aromatic rings. The highest BCUT2D eigenvalue weighted by Crippen LogP contribution is 2.27. The Morgan fingerprint density at radius 2 is 2.38 bits per heavy atom. The molecule has 16 heavy (non-hydrogen) atoms. The van der Waals surface area contributed by atoms with Gasteiger partial charge in [-0.15, -0.1) is 0 Å². The first kappa shape index (κ1) is 11.4. The molecule has 1 aromatic heterocycles. The molecule has 1 unspecified atom stereocenters. The Kier molecular flexibility index (Phi) is 3.78. The molecule has 1 atom stereocenters. The maximum atomic E-state index is 4.17. The standard InChI is InChI=1S/C13H21N3/c1-3-16-10-12(9-15-16)8-14-11(2)13-6-4-5-7-13/h3,9-11,13-14H,1,4-8H2,2H3. The number of hydrogen-bond acceptors (Lipinski definition) is 2. The van der Waals surface area contributed by atoms with Crippen molar-refractivity contribution in [2.45, 2.75) is 45.2 Å². The summed E-state index contributed by atoms with van der Waals surface area (Å²) >= 11 is 0. The Balaban J connectivity index is 1.79. The van der Waals surface area contributed by atoms with E-state index in [-0.39, 0.29) is 0 Å². The largest absolute Gasteiger partial charge is 0.310 e. The molecule has 0 bridgehead atoms. The summed E-state index contributed by atoms with van der Waals surface area (Å²) in [5.74, 6) is 0.870. The lowest BCUT2D eigenvalue weighted by Gasteiger charge is -2.19. The molecule has 1 aliphatic carbocycles. The van der Waals surface area contributed by atoms with E-state index in [1.165, 1.54) is 31.2 Å². The Morgan fingerprint density at radius 1 is 1.62 bits per heavy atom. The Bertz CT molecular complexity index is 337. The van der Waals surface area contributed by atoms with Crippen molar-refractivity contribution in [2.75, 3.05) is 0 Å². The molecule has 0 saturated heterocycles. The van der Waals surface area contributed by atoms with Gasteiger partial charge in [-0.05, 0) is 25.7 Å². The molecule has 88 valence electrons. The van der Waals surface area contributed by atoms with Crippen molar-refractivity contribution < 1.29 is 0 Å². The number of hydrogen-bond donors (Lipinski definition) is 1. The van der Waals surface area contributed by atoms with Crippen LogP contribution in [0.15, 0.2) is 19.0 Å². The Labute approximate surface area is 97.5 Å². The predicted octanol–water partition coefficient (Wildman–Crippen LogP) is 2.65. The summed E-state index contributed by atoms with van der Waals surface area (Å²) in [6, 6.07) is 0.620. The smallest absolute Gasteiger partial charge is 0.0538 e. The van der Waals surface area contributed by atoms with Crippen molar-refractivity contribution in [3.63, 3.8) is 0 Å². The van der Waals surface area contributed by atoms with Crippen molar-refractivity contribution >= 4 is 6.20 Å². The molecule has 0 aliphatic heterocycles. The van der Waals surface area contributed by atoms with Gasteiger partial charge in [0, 0.05) is 30.5 Å². The van der Waals surface area contributed by atoms with Gasteiger partial charge in [-0.25, -0.2) is 4.68 Å². The zero-order valence-corrected chi connectivity index (χ0v) is 10.0. The molecule has 1 saturated carbocycles. The monoisotopic (exact) mass is 219 g/mol. The zero-order chi connectivity index (χ0) is 11.4. The van der Waals surface area contributed by atoms with Crippen LogP contribution in [0.2, 0.25) is 0 Å². The number of nitrogens with zero attached hydrogens (tertiary/aromatic N) is 2. The van der Waals surface area contributed by atoms with Crippen molar-refractivity contribution in [1.29, 1.82) is 0 Å². The van der Waals surface area contributed by atoms with Gasteiger partial charge in [0.15, 0.2) is 0 Å². The van der Waals surface area contributed by atoms with Gasteiger partial charge in [-0.1, -0.05) is 19.4 Å². The van der Waals surface area contributed by atoms with Crippen LogP contribution in [-0.4, -0.2) is 15.8 Å². The van der Waals surface area contributed by atoms with Crippen molar-refractivity contribution in [2.24, 2.45) is 5.92 Å². The lowest BCUT2D eigenvalue weighted by molar-refractivity contribution is 0.380. The van der Waals surface area contributed by atoms with Crippen LogP contribution in [-0.2, 0) is 6.54 Å². The molecule has 2 rings (SSSR count). The zero-order valence-electron chi connectivity index (χ0n) is 10.0. The van der Waals surface area contributed by atoms with Gasteiger partial charge in [0.1, 0.15) is 0 Å². The first-order chi connectivity index (χ1) is 7.79. The second kappa shape index (κ2) is 5.30. The molecule has 0 radical (unpaired) electrons. The maximum Gasteiger partial charge on any atom is 0.0538 e. The predicted molar refractivity (Wildman–Crippen MR) is 66.9 cm³/mol. The summed E-state index contributed by atoms with van der Waals surface area (Å²) in [5.41, 5.74) is 1.23. The minimum Gasteiger partial charge on any atom is -0.310 e. The molecular weight excluding hydrogens is 198 g/mol. The third-order valence-corrected chi connectivity index (χ3v) is 3.58. The van der Waals surface area contributed by atoms with Gasteiger partial charge in [-0.2, -0.15) is 5.10 Å². The van der Waals surface area contributed by atoms with Crippen LogP contribution >= 0.6 is 0 Å². The fourth-order valence-corrected chi connectivity index (χ4v) is 2.47. The summed E-state index contributed by atoms with van der Waals surface area (Å²) in [7, 11) is 0. The lowest BCUT2D eigenvalue weighted by atomic mass is 10.00. The molecule has 0 aromatic carbocycles. The summed E-state index contributed by atoms with van der Waals surface area (Å²) in [6.45, 7) is 6.89. The van der Waals surface area contributed by atoms with Gasteiger partial charge in [0.05, 0.1) is 6.20 Å². The molecule has 0 spiro atoms. The quantitative estimate of drug-likeness (QED) is 0.825. The van der Waals surface area contributed by atoms with E-state index in [2.05, 4.69) is 23.9 Å². The van der Waals surface area contributed by atoms with E-state index >= 15 is 0 Å². The average molecular weight is 219 g/mol. The number of rotatable bonds is 5. The number of nitrogens with one attached hydrogen (secondary N) is 1. The van der Waals surface area contributed by atoms with Gasteiger partial charge < -0.3 is 5.32 Å². The molecule has 3 heteroatoms. The van der Waals surface area contributed by atoms with E-state index in [0.717, 1.165) is 12.5 Å². The van der Waals surface area contributed by atoms with E-state index in [4.69, 9.17) is 0 Å². The Morgan fingerprint density at radius 3 is 3.00 bits per heavy atom. The molecule has 1 N–H and O–H groups in total. The summed E-state index contributed by atoms with van der Waals surface area (Å²) < 4.78 is 1.75. The third kappa shape index (κ3) is 2.73. The van der Waals surface area contributed by atoms with E-state index in [1.54, 1.807) is 10.9 Å². The molecule has 3 nitrogen and oxygen atoms in total. The van der Waals surface area contributed by atoms with Gasteiger partial charge in [0.25, 0.3) is 0 Å². The van der Waals surface area contributed by atoms with Crippen molar-refractivity contribution in [1.82, 2.24) is 15.1 Å². The third-order valence-electron chi connectivity index (χ3n) is 3.58. The first-order valence-corrected chi connectivity index (χ1v) is 6.18. The van der Waals surface area contributed by atoms with Crippen molar-refractivity contribution in [3.8, 4) is 0 Å². The van der Waals surface area contributed by atoms with E-state index in [1.807, 2.05) is 12.4 Å². The highest BCUT2D eigenvalue weighted by atomic mass is 15.2. The summed E-state index contributed by atoms with van der Waals surface area (Å²) in [6.07, 6.45) is 11.2. The van der Waals surface area contributed by atoms with E-state index in [9.17, 15) is 0 Å². The van der Waals surface area contributed by atoms with Gasteiger partial charge >= 0.3 is 0 Å². The van der Waals surface area contributed by atoms with E-state index in [0.29, 0.717) is 6.04 Å². The summed E-state index contributed by atoms with van der Waals surface area (Å²) in [4.78, 5) is 0. The van der Waals surface area contributed by atoms with Crippen molar-refractivity contribution in [3.05, 3.63) is 24.5 Å². The van der Waals surface area contributed by atoms with Crippen LogP contribution in [0, 0.1) is 5.92 Å². The van der Waals surface area contributed by atoms with Gasteiger partial charge in [0.2, 0.25) is 0 Å². The van der Waals surface area contributed by atoms with Crippen LogP contribution in [0.4, 0.5) is 0 Å². The second-order valence-electron chi connectivity index (χ2n) is 4.73. The fraction of sp³-hybridized carbons (Fsp3) is 0.615. The van der Waals surface area contributed by atoms with Gasteiger partial charge in [-0.3, -0.25) is 0 Å². The Hall–Kier alpha value is -1.09. The van der Waals surface area contributed by atoms with E-state index < -0.39 is 0 Å². The van der Waals surface area contributed by atoms with Crippen LogP contribution < -0.4 is 5.32 Å². The maximum absolute atomic E-state index is 4.17. The molecule has 1 aliphatic rings. The molecular formula is C13H21N3. The van der Waals surface area contributed by atoms with Crippen LogP contribution in [0.5, 0.6) is 0 Å². The first-order valence-electron chi connectivity index (χ1n) is 6.18. The fourth-order valence-electron chi connectivity index (χ4n) is 2.47. The topological polar surface area (TPSA) is 29.9 Å².